The molecule has 4 aliphatic rings. The number of hydrogen-bond donors (Lipinski definition) is 6. The summed E-state index contributed by atoms with van der Waals surface area (Å²) in [6.07, 6.45) is -0.220. The van der Waals surface area contributed by atoms with Gasteiger partial charge in [-0.3, -0.25) is 19.3 Å². The Morgan fingerprint density at radius 2 is 1.77 bits per heavy atom. The van der Waals surface area contributed by atoms with Crippen molar-refractivity contribution in [1.82, 2.24) is 10.2 Å². The molecule has 0 aromatic heterocycles. The van der Waals surface area contributed by atoms with Crippen molar-refractivity contribution in [1.29, 1.82) is 0 Å². The number of aliphatic hydroxyl groups is 3. The van der Waals surface area contributed by atoms with Gasteiger partial charge in [0.15, 0.2) is 11.4 Å². The number of Topliss-reactive ketones (excluding diaryl/α,β-unsaturated/α-hetero) is 2. The zero-order valence-electron chi connectivity index (χ0n) is 19.4. The summed E-state index contributed by atoms with van der Waals surface area (Å²) in [6.45, 7) is 1.97. The number of primary amides is 1. The van der Waals surface area contributed by atoms with Crippen LogP contribution in [0.5, 0.6) is 5.75 Å². The number of nitrogens with two attached hydrogens (primary N) is 1. The predicted molar refractivity (Wildman–Crippen MR) is 119 cm³/mol. The van der Waals surface area contributed by atoms with E-state index >= 15 is 4.39 Å². The van der Waals surface area contributed by atoms with Gasteiger partial charge in [0.1, 0.15) is 28.7 Å². The molecule has 0 saturated heterocycles. The summed E-state index contributed by atoms with van der Waals surface area (Å²) in [5.41, 5.74) is 0.484. The lowest BCUT2D eigenvalue weighted by atomic mass is 9.52. The van der Waals surface area contributed by atoms with E-state index in [1.54, 1.807) is 6.92 Å². The lowest BCUT2D eigenvalue weighted by Gasteiger charge is -2.53. The van der Waals surface area contributed by atoms with Crippen molar-refractivity contribution in [2.45, 2.75) is 44.5 Å². The van der Waals surface area contributed by atoms with Crippen LogP contribution >= 0.6 is 0 Å². The molecule has 0 radical (unpaired) electrons. The Morgan fingerprint density at radius 1 is 1.14 bits per heavy atom. The van der Waals surface area contributed by atoms with E-state index in [1.807, 2.05) is 0 Å². The minimum atomic E-state index is -2.74. The van der Waals surface area contributed by atoms with Gasteiger partial charge in [0, 0.05) is 46.7 Å². The summed E-state index contributed by atoms with van der Waals surface area (Å²) in [4.78, 5) is 40.5. The third-order valence-corrected chi connectivity index (χ3v) is 8.04. The highest BCUT2D eigenvalue weighted by molar-refractivity contribution is 6.24. The number of benzene rings is 1. The Bertz CT molecular complexity index is 1320. The summed E-state index contributed by atoms with van der Waals surface area (Å²) in [5.74, 6) is -7.33. The van der Waals surface area contributed by atoms with Gasteiger partial charge >= 0.3 is 0 Å². The van der Waals surface area contributed by atoms with Crippen molar-refractivity contribution < 1.29 is 39.2 Å². The molecule has 5 rings (SSSR count). The van der Waals surface area contributed by atoms with Gasteiger partial charge in [-0.15, -0.1) is 0 Å². The molecule has 10 nitrogen and oxygen atoms in total. The summed E-state index contributed by atoms with van der Waals surface area (Å²) in [5, 5.41) is 47.6. The highest BCUT2D eigenvalue weighted by Gasteiger charge is 2.66. The molecule has 3 aliphatic carbocycles. The van der Waals surface area contributed by atoms with Crippen LogP contribution in [0.2, 0.25) is 0 Å². The molecule has 1 aliphatic heterocycles. The Morgan fingerprint density at radius 3 is 2.37 bits per heavy atom. The number of amides is 1. The van der Waals surface area contributed by atoms with Crippen molar-refractivity contribution in [2.75, 3.05) is 14.1 Å². The van der Waals surface area contributed by atoms with Gasteiger partial charge in [-0.1, -0.05) is 6.92 Å². The quantitative estimate of drug-likeness (QED) is 0.316. The number of phenols is 1. The van der Waals surface area contributed by atoms with Gasteiger partial charge in [0.2, 0.25) is 5.78 Å². The Hall–Kier alpha value is -3.28. The predicted octanol–water partition coefficient (Wildman–Crippen LogP) is 0.0964. The molecule has 11 heteroatoms. The monoisotopic (exact) mass is 487 g/mol. The number of nitrogens with one attached hydrogen (secondary N) is 1. The molecule has 1 saturated carbocycles. The van der Waals surface area contributed by atoms with Crippen LogP contribution in [0.3, 0.4) is 0 Å². The molecular formula is C24H26FN3O7. The average molecular weight is 487 g/mol. The van der Waals surface area contributed by atoms with E-state index in [0.717, 1.165) is 0 Å². The highest BCUT2D eigenvalue weighted by atomic mass is 19.1. The molecule has 1 aromatic rings. The third-order valence-electron chi connectivity index (χ3n) is 8.04. The zero-order chi connectivity index (χ0) is 25.8. The van der Waals surface area contributed by atoms with Crippen molar-refractivity contribution >= 4 is 23.2 Å². The van der Waals surface area contributed by atoms with Crippen molar-refractivity contribution in [3.8, 4) is 5.75 Å². The summed E-state index contributed by atoms with van der Waals surface area (Å²) >= 11 is 0. The molecule has 0 bridgehead atoms. The molecule has 35 heavy (non-hydrogen) atoms. The van der Waals surface area contributed by atoms with Crippen LogP contribution in [0.4, 0.5) is 4.39 Å². The van der Waals surface area contributed by atoms with E-state index in [0.29, 0.717) is 0 Å². The van der Waals surface area contributed by atoms with E-state index in [2.05, 4.69) is 5.32 Å². The number of carbonyl (C=O) groups excluding carboxylic acids is 3. The van der Waals surface area contributed by atoms with E-state index in [9.17, 15) is 34.8 Å². The van der Waals surface area contributed by atoms with E-state index < -0.39 is 63.4 Å². The largest absolute Gasteiger partial charge is 0.508 e. The smallest absolute Gasteiger partial charge is 0.255 e. The SMILES string of the molecule is CN(C)[C@@H]1C(=O)C(C(N)=O)=C(O)[C@@]2(O)C(=O)C3=C(O)c4c(O)c5c(c(F)c4C[C@@]3(C)C[C@@H]12)CNC5. The van der Waals surface area contributed by atoms with Crippen molar-refractivity contribution in [3.05, 3.63) is 45.0 Å². The highest BCUT2D eigenvalue weighted by Crippen LogP contribution is 2.58. The summed E-state index contributed by atoms with van der Waals surface area (Å²) in [7, 11) is 3.04. The molecule has 1 amide bonds. The fourth-order valence-electron chi connectivity index (χ4n) is 6.50. The first-order valence-corrected chi connectivity index (χ1v) is 11.2. The van der Waals surface area contributed by atoms with Crippen LogP contribution < -0.4 is 11.1 Å². The molecule has 4 atom stereocenters. The van der Waals surface area contributed by atoms with Crippen LogP contribution in [0.15, 0.2) is 16.9 Å². The van der Waals surface area contributed by atoms with Gasteiger partial charge in [0.05, 0.1) is 11.6 Å². The number of phenolic OH excluding ortho intramolecular Hbond substituents is 1. The lowest BCUT2D eigenvalue weighted by molar-refractivity contribution is -0.156. The maximum Gasteiger partial charge on any atom is 0.255 e. The normalized spacial score (nSPS) is 31.9. The molecule has 7 N–H and O–H groups in total. The number of nitrogens with zero attached hydrogens (tertiary/aromatic N) is 1. The Labute approximate surface area is 199 Å². The summed E-state index contributed by atoms with van der Waals surface area (Å²) < 4.78 is 15.5. The number of ketones is 2. The number of halogens is 1. The maximum atomic E-state index is 15.5. The second-order valence-electron chi connectivity index (χ2n) is 10.3. The van der Waals surface area contributed by atoms with Crippen LogP contribution in [-0.4, -0.2) is 68.5 Å². The number of rotatable bonds is 2. The first-order valence-electron chi connectivity index (χ1n) is 11.2. The van der Waals surface area contributed by atoms with Crippen molar-refractivity contribution in [3.63, 3.8) is 0 Å². The molecule has 1 heterocycles. The fraction of sp³-hybridized carbons (Fsp3) is 0.458. The average Bonchev–Trinajstić information content (AvgIpc) is 3.24. The van der Waals surface area contributed by atoms with Gasteiger partial charge < -0.3 is 31.5 Å². The minimum Gasteiger partial charge on any atom is -0.508 e. The van der Waals surface area contributed by atoms with Gasteiger partial charge in [-0.05, 0) is 26.9 Å². The van der Waals surface area contributed by atoms with Crippen LogP contribution in [0.25, 0.3) is 5.76 Å². The third kappa shape index (κ3) is 2.71. The number of aromatic hydroxyl groups is 1. The zero-order valence-corrected chi connectivity index (χ0v) is 19.4. The first kappa shape index (κ1) is 23.5. The number of aliphatic hydroxyl groups excluding tert-OH is 2. The molecule has 1 aromatic carbocycles. The minimum absolute atomic E-state index is 0.0352. The van der Waals surface area contributed by atoms with Crippen LogP contribution in [0.1, 0.15) is 35.6 Å². The number of carbonyl (C=O) groups is 3. The van der Waals surface area contributed by atoms with E-state index in [-0.39, 0.29) is 59.5 Å². The molecule has 186 valence electrons. The molecule has 0 spiro atoms. The Kier molecular flexibility index (Phi) is 4.77. The Balaban J connectivity index is 1.81. The van der Waals surface area contributed by atoms with Crippen LogP contribution in [-0.2, 0) is 33.9 Å². The second kappa shape index (κ2) is 7.12. The van der Waals surface area contributed by atoms with E-state index in [1.165, 1.54) is 19.0 Å². The lowest BCUT2D eigenvalue weighted by Crippen LogP contribution is -2.67. The standard InChI is InChI=1S/C24H26FN3O7/c1-23-4-8-12(17(29)10-7-27-6-9(10)15(8)25)18(30)14(23)21(33)24(35)11(5-23)16(28(2)3)19(31)13(20(24)32)22(26)34/h11,16,27,29-30,32,35H,4-7H2,1-3H3,(H2,26,34)/t11-,16-,23-,24+/m0/s1. The molecular weight excluding hydrogens is 461 g/mol. The number of likely N-dealkylation sites (N-methyl/N-ethyl adjacent to an activating group) is 1. The second-order valence-corrected chi connectivity index (χ2v) is 10.3. The maximum absolute atomic E-state index is 15.5. The van der Waals surface area contributed by atoms with Crippen LogP contribution in [0, 0.1) is 17.2 Å². The number of fused-ring (bicyclic) bond motifs is 4. The topological polar surface area (TPSA) is 173 Å². The summed E-state index contributed by atoms with van der Waals surface area (Å²) in [6, 6.07) is -1.20. The molecule has 0 unspecified atom stereocenters. The first-order chi connectivity index (χ1) is 16.3. The van der Waals surface area contributed by atoms with Crippen molar-refractivity contribution in [2.24, 2.45) is 17.1 Å². The van der Waals surface area contributed by atoms with E-state index in [4.69, 9.17) is 5.73 Å². The fourth-order valence-corrected chi connectivity index (χ4v) is 6.50. The number of hydrogen-bond acceptors (Lipinski definition) is 9. The van der Waals surface area contributed by atoms with Gasteiger partial charge in [-0.25, -0.2) is 4.39 Å². The van der Waals surface area contributed by atoms with Gasteiger partial charge in [0.25, 0.3) is 5.91 Å². The molecule has 1 fully saturated rings. The van der Waals surface area contributed by atoms with Gasteiger partial charge in [-0.2, -0.15) is 0 Å².